The van der Waals surface area contributed by atoms with Crippen molar-refractivity contribution in [1.29, 1.82) is 0 Å². The van der Waals surface area contributed by atoms with Crippen LogP contribution in [-0.4, -0.2) is 20.0 Å². The van der Waals surface area contributed by atoms with Crippen LogP contribution in [0.25, 0.3) is 48.8 Å². The highest BCUT2D eigenvalue weighted by Crippen LogP contribution is 2.42. The number of benzene rings is 3. The van der Waals surface area contributed by atoms with E-state index in [1.165, 1.54) is 0 Å². The minimum absolute atomic E-state index is 0.211. The summed E-state index contributed by atoms with van der Waals surface area (Å²) in [6.07, 6.45) is 1.79. The number of fused-ring (bicyclic) bond motifs is 2. The van der Waals surface area contributed by atoms with Gasteiger partial charge in [0.25, 0.3) is 5.56 Å². The van der Waals surface area contributed by atoms with Crippen molar-refractivity contribution in [3.8, 4) is 22.4 Å². The van der Waals surface area contributed by atoms with Gasteiger partial charge >= 0.3 is 0 Å². The van der Waals surface area contributed by atoms with Crippen LogP contribution in [0.3, 0.4) is 0 Å². The zero-order valence-electron chi connectivity index (χ0n) is 17.7. The van der Waals surface area contributed by atoms with Crippen LogP contribution in [-0.2, 0) is 13.6 Å². The van der Waals surface area contributed by atoms with Gasteiger partial charge in [0, 0.05) is 30.1 Å². The molecule has 7 heteroatoms. The molecule has 2 aromatic heterocycles. The van der Waals surface area contributed by atoms with Gasteiger partial charge in [-0.05, 0) is 41.0 Å². The van der Waals surface area contributed by atoms with Crippen LogP contribution in [0.4, 0.5) is 5.69 Å². The molecule has 0 saturated carbocycles. The smallest absolute Gasteiger partial charge is 0.272 e. The van der Waals surface area contributed by atoms with Crippen molar-refractivity contribution < 1.29 is 0 Å². The van der Waals surface area contributed by atoms with Crippen molar-refractivity contribution in [2.75, 3.05) is 0 Å². The third-order valence-corrected chi connectivity index (χ3v) is 5.93. The van der Waals surface area contributed by atoms with Crippen molar-refractivity contribution in [2.24, 2.45) is 12.8 Å². The topological polar surface area (TPSA) is 93.9 Å². The second-order valence-electron chi connectivity index (χ2n) is 7.74. The first-order valence-corrected chi connectivity index (χ1v) is 10.2. The summed E-state index contributed by atoms with van der Waals surface area (Å²) in [5, 5.41) is 14.3. The first-order chi connectivity index (χ1) is 15.5. The third kappa shape index (κ3) is 2.89. The van der Waals surface area contributed by atoms with Crippen molar-refractivity contribution in [2.45, 2.75) is 13.5 Å². The average molecular weight is 420 g/mol. The van der Waals surface area contributed by atoms with Crippen LogP contribution < -0.4 is 11.3 Å². The molecule has 156 valence electrons. The Kier molecular flexibility index (Phi) is 4.58. The molecule has 0 aliphatic rings. The molecule has 0 atom stereocenters. The summed E-state index contributed by atoms with van der Waals surface area (Å²) in [5.74, 6) is 0. The first-order valence-electron chi connectivity index (χ1n) is 10.2. The lowest BCUT2D eigenvalue weighted by Gasteiger charge is -2.13. The van der Waals surface area contributed by atoms with E-state index in [0.29, 0.717) is 22.2 Å². The highest BCUT2D eigenvalue weighted by atomic mass is 16.1. The molecule has 0 saturated heterocycles. The Labute approximate surface area is 183 Å². The molecule has 2 heterocycles. The lowest BCUT2D eigenvalue weighted by atomic mass is 9.95. The summed E-state index contributed by atoms with van der Waals surface area (Å²) in [5.41, 5.74) is 11.3. The van der Waals surface area contributed by atoms with Gasteiger partial charge in [-0.1, -0.05) is 36.4 Å². The summed E-state index contributed by atoms with van der Waals surface area (Å²) < 4.78 is 1.78. The van der Waals surface area contributed by atoms with Crippen molar-refractivity contribution in [3.63, 3.8) is 0 Å². The van der Waals surface area contributed by atoms with Crippen molar-refractivity contribution >= 4 is 27.2 Å². The molecule has 7 nitrogen and oxygen atoms in total. The Hall–Kier alpha value is -4.28. The summed E-state index contributed by atoms with van der Waals surface area (Å²) in [4.78, 5) is 16.1. The first kappa shape index (κ1) is 19.7. The molecular weight excluding hydrogens is 400 g/mol. The van der Waals surface area contributed by atoms with Crippen LogP contribution in [0, 0.1) is 13.5 Å². The van der Waals surface area contributed by atoms with E-state index in [4.69, 9.17) is 12.3 Å². The van der Waals surface area contributed by atoms with Crippen LogP contribution in [0.15, 0.2) is 59.5 Å². The van der Waals surface area contributed by atoms with Gasteiger partial charge in [0.1, 0.15) is 0 Å². The Bertz CT molecular complexity index is 1620. The summed E-state index contributed by atoms with van der Waals surface area (Å²) in [6.45, 7) is 10.2. The van der Waals surface area contributed by atoms with Crippen LogP contribution in [0.1, 0.15) is 11.3 Å². The molecule has 0 radical (unpaired) electrons. The molecule has 0 aliphatic carbocycles. The van der Waals surface area contributed by atoms with E-state index in [9.17, 15) is 4.79 Å². The fraction of sp³-hybridized carbons (Fsp3) is 0.120. The summed E-state index contributed by atoms with van der Waals surface area (Å²) in [6, 6.07) is 15.6. The number of aromatic nitrogens is 4. The number of H-pyrrole nitrogens is 1. The summed E-state index contributed by atoms with van der Waals surface area (Å²) in [7, 11) is 1.87. The minimum Gasteiger partial charge on any atom is -0.325 e. The highest BCUT2D eigenvalue weighted by molar-refractivity contribution is 6.05. The maximum Gasteiger partial charge on any atom is 0.272 e. The summed E-state index contributed by atoms with van der Waals surface area (Å²) >= 11 is 0. The molecule has 3 aromatic carbocycles. The lowest BCUT2D eigenvalue weighted by molar-refractivity contribution is 0.776. The highest BCUT2D eigenvalue weighted by Gasteiger charge is 2.19. The van der Waals surface area contributed by atoms with E-state index in [2.05, 4.69) is 26.2 Å². The molecule has 0 unspecified atom stereocenters. The molecule has 0 spiro atoms. The van der Waals surface area contributed by atoms with Crippen LogP contribution in [0.2, 0.25) is 0 Å². The number of nitrogens with two attached hydrogens (primary N) is 1. The van der Waals surface area contributed by atoms with E-state index in [-0.39, 0.29) is 12.1 Å². The third-order valence-electron chi connectivity index (χ3n) is 5.93. The van der Waals surface area contributed by atoms with Crippen molar-refractivity contribution in [1.82, 2.24) is 20.0 Å². The number of nitrogens with zero attached hydrogens (tertiary/aromatic N) is 4. The van der Waals surface area contributed by atoms with Crippen molar-refractivity contribution in [3.05, 3.63) is 87.8 Å². The largest absolute Gasteiger partial charge is 0.325 e. The number of aryl methyl sites for hydroxylation is 2. The molecular formula is C25H20N6O. The minimum atomic E-state index is -0.254. The van der Waals surface area contributed by atoms with E-state index in [1.807, 2.05) is 50.4 Å². The number of nitrogens with one attached hydrogen (secondary N) is 1. The van der Waals surface area contributed by atoms with E-state index >= 15 is 0 Å². The molecule has 5 aromatic rings. The Morgan fingerprint density at radius 2 is 1.88 bits per heavy atom. The molecule has 0 aliphatic heterocycles. The molecule has 0 fully saturated rings. The molecule has 5 rings (SSSR count). The van der Waals surface area contributed by atoms with Gasteiger partial charge in [-0.15, -0.1) is 0 Å². The quantitative estimate of drug-likeness (QED) is 0.421. The Morgan fingerprint density at radius 3 is 2.66 bits per heavy atom. The van der Waals surface area contributed by atoms with Gasteiger partial charge in [-0.2, -0.15) is 10.2 Å². The lowest BCUT2D eigenvalue weighted by Crippen LogP contribution is -2.13. The number of hydrogen-bond acceptors (Lipinski definition) is 4. The molecule has 3 N–H and O–H groups in total. The van der Waals surface area contributed by atoms with Gasteiger partial charge in [0.05, 0.1) is 29.5 Å². The SMILES string of the molecule is [C-]#[N+]c1c(-c2c(-c3ccc4c(=O)[nH]nc(CN)c4c3)cnn2C)ccc2c(C)cccc12. The Balaban J connectivity index is 1.79. The number of aromatic amines is 1. The molecule has 32 heavy (non-hydrogen) atoms. The van der Waals surface area contributed by atoms with Gasteiger partial charge < -0.3 is 5.73 Å². The zero-order chi connectivity index (χ0) is 22.4. The predicted molar refractivity (Wildman–Crippen MR) is 126 cm³/mol. The monoisotopic (exact) mass is 420 g/mol. The van der Waals surface area contributed by atoms with Gasteiger partial charge in [0.15, 0.2) is 0 Å². The second-order valence-corrected chi connectivity index (χ2v) is 7.74. The van der Waals surface area contributed by atoms with E-state index in [0.717, 1.165) is 38.7 Å². The normalized spacial score (nSPS) is 11.2. The van der Waals surface area contributed by atoms with Gasteiger partial charge in [-0.3, -0.25) is 9.48 Å². The maximum atomic E-state index is 12.2. The number of rotatable bonds is 3. The van der Waals surface area contributed by atoms with Gasteiger partial charge in [-0.25, -0.2) is 9.94 Å². The fourth-order valence-electron chi connectivity index (χ4n) is 4.32. The fourth-order valence-corrected chi connectivity index (χ4v) is 4.32. The van der Waals surface area contributed by atoms with E-state index in [1.54, 1.807) is 16.9 Å². The van der Waals surface area contributed by atoms with Crippen LogP contribution in [0.5, 0.6) is 0 Å². The predicted octanol–water partition coefficient (Wildman–Crippen LogP) is 4.46. The average Bonchev–Trinajstić information content (AvgIpc) is 3.19. The standard InChI is InChI=1S/C25H20N6O/c1-14-5-4-6-17-16(14)9-10-19(23(17)27-2)24-21(13-28-31(24)3)15-7-8-18-20(11-15)22(12-26)29-30-25(18)32/h4-11,13H,12,26H2,1,3H3,(H,30,32). The molecule has 0 amide bonds. The zero-order valence-corrected chi connectivity index (χ0v) is 17.7. The van der Waals surface area contributed by atoms with Gasteiger partial charge in [0.2, 0.25) is 5.69 Å². The van der Waals surface area contributed by atoms with Crippen LogP contribution >= 0.6 is 0 Å². The Morgan fingerprint density at radius 1 is 1.06 bits per heavy atom. The maximum absolute atomic E-state index is 12.2. The second kappa shape index (κ2) is 7.45. The number of hydrogen-bond donors (Lipinski definition) is 2. The molecule has 0 bridgehead atoms. The van der Waals surface area contributed by atoms with E-state index < -0.39 is 0 Å².